The van der Waals surface area contributed by atoms with Crippen LogP contribution in [0.5, 0.6) is 0 Å². The fraction of sp³-hybridized carbons (Fsp3) is 0.381. The summed E-state index contributed by atoms with van der Waals surface area (Å²) in [5.41, 5.74) is -0.672. The van der Waals surface area contributed by atoms with Gasteiger partial charge in [-0.25, -0.2) is 4.39 Å². The van der Waals surface area contributed by atoms with Crippen molar-refractivity contribution in [3.8, 4) is 11.1 Å². The van der Waals surface area contributed by atoms with Crippen molar-refractivity contribution >= 4 is 5.91 Å². The SMILES string of the molecule is CC1CCC2(CN(C(=O)c3ccc(-c4cccc(C(F)(F)F)c4F)cc3)C2)N1. The Bertz CT molecular complexity index is 902. The van der Waals surface area contributed by atoms with Crippen molar-refractivity contribution in [1.29, 1.82) is 0 Å². The zero-order chi connectivity index (χ0) is 20.1. The Morgan fingerprint density at radius 3 is 2.39 bits per heavy atom. The summed E-state index contributed by atoms with van der Waals surface area (Å²) in [6.07, 6.45) is -2.61. The van der Waals surface area contributed by atoms with Gasteiger partial charge in [0, 0.05) is 30.3 Å². The maximum atomic E-state index is 14.3. The quantitative estimate of drug-likeness (QED) is 0.765. The summed E-state index contributed by atoms with van der Waals surface area (Å²) >= 11 is 0. The van der Waals surface area contributed by atoms with Crippen molar-refractivity contribution in [3.63, 3.8) is 0 Å². The van der Waals surface area contributed by atoms with Crippen LogP contribution >= 0.6 is 0 Å². The fourth-order valence-corrected chi connectivity index (χ4v) is 4.19. The summed E-state index contributed by atoms with van der Waals surface area (Å²) in [7, 11) is 0. The van der Waals surface area contributed by atoms with Crippen LogP contribution in [0.3, 0.4) is 0 Å². The van der Waals surface area contributed by atoms with E-state index in [-0.39, 0.29) is 17.0 Å². The lowest BCUT2D eigenvalue weighted by molar-refractivity contribution is -0.139. The first-order valence-corrected chi connectivity index (χ1v) is 9.22. The number of benzene rings is 2. The summed E-state index contributed by atoms with van der Waals surface area (Å²) < 4.78 is 53.0. The zero-order valence-electron chi connectivity index (χ0n) is 15.3. The zero-order valence-corrected chi connectivity index (χ0v) is 15.3. The monoisotopic (exact) mass is 392 g/mol. The minimum atomic E-state index is -4.75. The Balaban J connectivity index is 1.50. The number of rotatable bonds is 2. The van der Waals surface area contributed by atoms with Crippen LogP contribution in [-0.2, 0) is 6.18 Å². The normalized spacial score (nSPS) is 21.0. The van der Waals surface area contributed by atoms with Crippen LogP contribution in [0.2, 0.25) is 0 Å². The first-order chi connectivity index (χ1) is 13.2. The molecule has 7 heteroatoms. The van der Waals surface area contributed by atoms with Gasteiger partial charge in [-0.05, 0) is 43.5 Å². The van der Waals surface area contributed by atoms with Gasteiger partial charge in [0.25, 0.3) is 5.91 Å². The molecule has 1 amide bonds. The molecule has 28 heavy (non-hydrogen) atoms. The molecule has 0 saturated carbocycles. The molecule has 2 aromatic carbocycles. The summed E-state index contributed by atoms with van der Waals surface area (Å²) in [6.45, 7) is 3.44. The minimum Gasteiger partial charge on any atom is -0.335 e. The van der Waals surface area contributed by atoms with Crippen LogP contribution in [0.25, 0.3) is 11.1 Å². The summed E-state index contributed by atoms with van der Waals surface area (Å²) in [6, 6.07) is 9.69. The van der Waals surface area contributed by atoms with Gasteiger partial charge in [-0.1, -0.05) is 24.3 Å². The molecule has 2 fully saturated rings. The van der Waals surface area contributed by atoms with Crippen LogP contribution in [0.4, 0.5) is 17.6 Å². The molecule has 0 radical (unpaired) electrons. The maximum Gasteiger partial charge on any atom is 0.419 e. The standard InChI is InChI=1S/C21H20F4N2O/c1-13-9-10-20(26-13)11-27(12-20)19(28)15-7-5-14(6-8-15)16-3-2-4-17(18(16)22)21(23,24)25/h2-8,13,26H,9-12H2,1H3. The number of nitrogens with zero attached hydrogens (tertiary/aromatic N) is 1. The van der Waals surface area contributed by atoms with E-state index in [9.17, 15) is 22.4 Å². The van der Waals surface area contributed by atoms with E-state index in [0.717, 1.165) is 12.8 Å². The third-order valence-electron chi connectivity index (χ3n) is 5.63. The smallest absolute Gasteiger partial charge is 0.335 e. The van der Waals surface area contributed by atoms with E-state index < -0.39 is 17.6 Å². The van der Waals surface area contributed by atoms with E-state index in [1.54, 1.807) is 4.90 Å². The number of halogens is 4. The highest BCUT2D eigenvalue weighted by molar-refractivity contribution is 5.95. The molecule has 0 aromatic heterocycles. The number of likely N-dealkylation sites (tertiary alicyclic amines) is 1. The highest BCUT2D eigenvalue weighted by atomic mass is 19.4. The van der Waals surface area contributed by atoms with E-state index in [2.05, 4.69) is 12.2 Å². The lowest BCUT2D eigenvalue weighted by Crippen LogP contribution is -2.68. The van der Waals surface area contributed by atoms with E-state index in [1.165, 1.54) is 36.4 Å². The Hall–Kier alpha value is -2.41. The third kappa shape index (κ3) is 3.28. The molecule has 1 unspecified atom stereocenters. The molecule has 4 rings (SSSR count). The lowest BCUT2D eigenvalue weighted by Gasteiger charge is -2.48. The van der Waals surface area contributed by atoms with Gasteiger partial charge in [-0.3, -0.25) is 4.79 Å². The number of hydrogen-bond donors (Lipinski definition) is 1. The van der Waals surface area contributed by atoms with Gasteiger partial charge in [0.1, 0.15) is 5.82 Å². The predicted octanol–water partition coefficient (Wildman–Crippen LogP) is 4.48. The molecule has 1 spiro atoms. The molecular weight excluding hydrogens is 372 g/mol. The molecule has 1 N–H and O–H groups in total. The average Bonchev–Trinajstić information content (AvgIpc) is 3.01. The Morgan fingerprint density at radius 2 is 1.82 bits per heavy atom. The van der Waals surface area contributed by atoms with E-state index in [1.807, 2.05) is 0 Å². The Labute approximate surface area is 160 Å². The molecule has 0 aliphatic carbocycles. The van der Waals surface area contributed by atoms with E-state index in [4.69, 9.17) is 0 Å². The second-order valence-corrected chi connectivity index (χ2v) is 7.77. The molecule has 2 heterocycles. The van der Waals surface area contributed by atoms with Crippen molar-refractivity contribution in [1.82, 2.24) is 10.2 Å². The van der Waals surface area contributed by atoms with Gasteiger partial charge < -0.3 is 10.2 Å². The van der Waals surface area contributed by atoms with Crippen LogP contribution in [-0.4, -0.2) is 35.5 Å². The third-order valence-corrected chi connectivity index (χ3v) is 5.63. The first-order valence-electron chi connectivity index (χ1n) is 9.22. The van der Waals surface area contributed by atoms with Crippen molar-refractivity contribution in [2.24, 2.45) is 0 Å². The Morgan fingerprint density at radius 1 is 1.14 bits per heavy atom. The van der Waals surface area contributed by atoms with Crippen molar-refractivity contribution in [3.05, 3.63) is 59.4 Å². The number of amides is 1. The summed E-state index contributed by atoms with van der Waals surface area (Å²) in [5, 5.41) is 3.53. The van der Waals surface area contributed by atoms with Gasteiger partial charge in [-0.15, -0.1) is 0 Å². The van der Waals surface area contributed by atoms with Crippen molar-refractivity contribution in [2.45, 2.75) is 37.5 Å². The largest absolute Gasteiger partial charge is 0.419 e. The average molecular weight is 392 g/mol. The molecule has 2 aliphatic heterocycles. The van der Waals surface area contributed by atoms with Crippen LogP contribution in [0.15, 0.2) is 42.5 Å². The summed E-state index contributed by atoms with van der Waals surface area (Å²) in [4.78, 5) is 14.4. The van der Waals surface area contributed by atoms with Crippen molar-refractivity contribution < 1.29 is 22.4 Å². The Kier molecular flexibility index (Phi) is 4.45. The number of carbonyl (C=O) groups is 1. The molecule has 148 valence electrons. The second-order valence-electron chi connectivity index (χ2n) is 7.77. The van der Waals surface area contributed by atoms with Gasteiger partial charge in [-0.2, -0.15) is 13.2 Å². The van der Waals surface area contributed by atoms with Gasteiger partial charge in [0.05, 0.1) is 11.1 Å². The molecule has 1 atom stereocenters. The topological polar surface area (TPSA) is 32.3 Å². The number of nitrogens with one attached hydrogen (secondary N) is 1. The number of hydrogen-bond acceptors (Lipinski definition) is 2. The summed E-state index contributed by atoms with van der Waals surface area (Å²) in [5.74, 6) is -1.43. The molecular formula is C21H20F4N2O. The molecule has 2 aliphatic rings. The van der Waals surface area contributed by atoms with E-state index >= 15 is 0 Å². The van der Waals surface area contributed by atoms with Gasteiger partial charge >= 0.3 is 6.18 Å². The number of alkyl halides is 3. The fourth-order valence-electron chi connectivity index (χ4n) is 4.19. The maximum absolute atomic E-state index is 14.3. The minimum absolute atomic E-state index is 0.0240. The highest BCUT2D eigenvalue weighted by Crippen LogP contribution is 2.36. The van der Waals surface area contributed by atoms with Gasteiger partial charge in [0.2, 0.25) is 0 Å². The number of carbonyl (C=O) groups excluding carboxylic acids is 1. The first kappa shape index (κ1) is 18.9. The van der Waals surface area contributed by atoms with Gasteiger partial charge in [0.15, 0.2) is 0 Å². The lowest BCUT2D eigenvalue weighted by atomic mass is 9.87. The predicted molar refractivity (Wildman–Crippen MR) is 97.3 cm³/mol. The second kappa shape index (κ2) is 6.58. The van der Waals surface area contributed by atoms with Crippen LogP contribution in [0, 0.1) is 5.82 Å². The molecule has 0 bridgehead atoms. The van der Waals surface area contributed by atoms with Crippen molar-refractivity contribution in [2.75, 3.05) is 13.1 Å². The highest BCUT2D eigenvalue weighted by Gasteiger charge is 2.48. The molecule has 3 nitrogen and oxygen atoms in total. The van der Waals surface area contributed by atoms with Crippen LogP contribution in [0.1, 0.15) is 35.7 Å². The van der Waals surface area contributed by atoms with Crippen LogP contribution < -0.4 is 5.32 Å². The van der Waals surface area contributed by atoms with E-state index in [0.29, 0.717) is 36.3 Å². The molecule has 2 saturated heterocycles. The molecule has 2 aromatic rings.